The zero-order chi connectivity index (χ0) is 30.8. The zero-order valence-electron chi connectivity index (χ0n) is 24.1. The normalized spacial score (nSPS) is 15.1. The summed E-state index contributed by atoms with van der Waals surface area (Å²) in [6.45, 7) is 3.57. The Morgan fingerprint density at radius 2 is 1.73 bits per heavy atom. The van der Waals surface area contributed by atoms with Gasteiger partial charge in [0.1, 0.15) is 11.6 Å². The van der Waals surface area contributed by atoms with Crippen molar-refractivity contribution in [3.05, 3.63) is 101 Å². The number of para-hydroxylation sites is 2. The lowest BCUT2D eigenvalue weighted by Crippen LogP contribution is -2.48. The van der Waals surface area contributed by atoms with Crippen LogP contribution in [0, 0.1) is 0 Å². The van der Waals surface area contributed by atoms with E-state index in [2.05, 4.69) is 15.2 Å². The second-order valence-corrected chi connectivity index (χ2v) is 11.2. The Kier molecular flexibility index (Phi) is 8.27. The van der Waals surface area contributed by atoms with Gasteiger partial charge in [0, 0.05) is 68.2 Å². The number of halogens is 4. The number of piperazine rings is 1. The summed E-state index contributed by atoms with van der Waals surface area (Å²) < 4.78 is 46.8. The van der Waals surface area contributed by atoms with E-state index in [4.69, 9.17) is 16.3 Å². The molecule has 11 heteroatoms. The maximum atomic E-state index is 13.8. The average molecular weight is 622 g/mol. The first kappa shape index (κ1) is 29.6. The Balaban J connectivity index is 1.21. The van der Waals surface area contributed by atoms with Gasteiger partial charge < -0.3 is 24.8 Å². The third-order valence-corrected chi connectivity index (χ3v) is 8.29. The second kappa shape index (κ2) is 12.3. The molecular formula is C33H31ClF3N5O2. The quantitative estimate of drug-likeness (QED) is 0.255. The highest BCUT2D eigenvalue weighted by Gasteiger charge is 2.34. The molecule has 0 saturated carbocycles. The van der Waals surface area contributed by atoms with Crippen LogP contribution in [-0.2, 0) is 12.7 Å². The molecule has 0 radical (unpaired) electrons. The van der Waals surface area contributed by atoms with Crippen molar-refractivity contribution >= 4 is 34.7 Å². The number of hydrogen-bond acceptors (Lipinski definition) is 6. The van der Waals surface area contributed by atoms with Crippen LogP contribution in [-0.4, -0.2) is 62.2 Å². The molecular weight excluding hydrogens is 591 g/mol. The van der Waals surface area contributed by atoms with Gasteiger partial charge in [-0.15, -0.1) is 0 Å². The van der Waals surface area contributed by atoms with Crippen LogP contribution in [0.1, 0.15) is 21.5 Å². The number of fused-ring (bicyclic) bond motifs is 1. The van der Waals surface area contributed by atoms with Crippen molar-refractivity contribution in [2.75, 3.05) is 61.5 Å². The van der Waals surface area contributed by atoms with Gasteiger partial charge in [-0.05, 0) is 59.7 Å². The summed E-state index contributed by atoms with van der Waals surface area (Å²) in [5, 5.41) is 3.48. The van der Waals surface area contributed by atoms with Crippen molar-refractivity contribution in [2.45, 2.75) is 12.7 Å². The summed E-state index contributed by atoms with van der Waals surface area (Å²) in [5.41, 5.74) is 3.21. The van der Waals surface area contributed by atoms with E-state index < -0.39 is 11.7 Å². The van der Waals surface area contributed by atoms with Crippen LogP contribution in [0.4, 0.5) is 30.4 Å². The number of ether oxygens (including phenoxy) is 1. The molecule has 0 aliphatic carbocycles. The number of methoxy groups -OCH3 is 1. The van der Waals surface area contributed by atoms with Crippen LogP contribution in [0.15, 0.2) is 79.0 Å². The van der Waals surface area contributed by atoms with Crippen molar-refractivity contribution in [1.82, 2.24) is 9.88 Å². The number of nitrogens with one attached hydrogen (secondary N) is 1. The van der Waals surface area contributed by atoms with E-state index >= 15 is 0 Å². The number of aromatic nitrogens is 1. The molecule has 1 amide bonds. The van der Waals surface area contributed by atoms with Crippen LogP contribution >= 0.6 is 11.6 Å². The van der Waals surface area contributed by atoms with Crippen LogP contribution in [0.2, 0.25) is 5.02 Å². The topological polar surface area (TPSA) is 60.9 Å². The number of nitrogens with zero attached hydrogens (tertiary/aromatic N) is 4. The van der Waals surface area contributed by atoms with Gasteiger partial charge in [-0.1, -0.05) is 35.9 Å². The van der Waals surface area contributed by atoms with Gasteiger partial charge in [-0.2, -0.15) is 13.2 Å². The number of benzene rings is 3. The van der Waals surface area contributed by atoms with Crippen molar-refractivity contribution in [2.24, 2.45) is 0 Å². The van der Waals surface area contributed by atoms with E-state index in [0.717, 1.165) is 28.6 Å². The monoisotopic (exact) mass is 621 g/mol. The Hall–Kier alpha value is -4.44. The summed E-state index contributed by atoms with van der Waals surface area (Å²) in [5.74, 6) is 1.35. The fraction of sp³-hybridized carbons (Fsp3) is 0.273. The minimum Gasteiger partial charge on any atom is -0.495 e. The fourth-order valence-electron chi connectivity index (χ4n) is 5.81. The highest BCUT2D eigenvalue weighted by molar-refractivity contribution is 6.30. The molecule has 0 unspecified atom stereocenters. The number of anilines is 3. The molecule has 2 aliphatic heterocycles. The predicted molar refractivity (Wildman–Crippen MR) is 167 cm³/mol. The molecule has 7 nitrogen and oxygen atoms in total. The molecule has 2 aliphatic rings. The number of carbonyl (C=O) groups is 1. The van der Waals surface area contributed by atoms with E-state index in [9.17, 15) is 18.0 Å². The van der Waals surface area contributed by atoms with Gasteiger partial charge in [-0.3, -0.25) is 4.79 Å². The lowest BCUT2D eigenvalue weighted by molar-refractivity contribution is -0.138. The zero-order valence-corrected chi connectivity index (χ0v) is 24.8. The number of pyridine rings is 1. The summed E-state index contributed by atoms with van der Waals surface area (Å²) in [4.78, 5) is 24.1. The summed E-state index contributed by atoms with van der Waals surface area (Å²) in [6, 6.07) is 20.8. The van der Waals surface area contributed by atoms with Crippen molar-refractivity contribution in [3.63, 3.8) is 0 Å². The van der Waals surface area contributed by atoms with Gasteiger partial charge >= 0.3 is 6.18 Å². The fourth-order valence-corrected chi connectivity index (χ4v) is 6.01. The van der Waals surface area contributed by atoms with Crippen LogP contribution in [0.3, 0.4) is 0 Å². The standard InChI is InChI=1S/C33H31ClF3N5O2/c1-44-30-8-3-2-7-28(30)40-13-15-41(16-14-40)32(43)23-6-4-5-22(17-23)24-19-29-31(39-20-24)38-11-12-42(29)21-25-18-26(34)9-10-27(25)33(35,36)37/h2-10,17-20H,11-16,21H2,1H3,(H,38,39). The summed E-state index contributed by atoms with van der Waals surface area (Å²) in [7, 11) is 1.65. The second-order valence-electron chi connectivity index (χ2n) is 10.8. The van der Waals surface area contributed by atoms with Crippen LogP contribution in [0.5, 0.6) is 5.75 Å². The average Bonchev–Trinajstić information content (AvgIpc) is 3.04. The third kappa shape index (κ3) is 6.12. The molecule has 0 bridgehead atoms. The molecule has 1 saturated heterocycles. The smallest absolute Gasteiger partial charge is 0.416 e. The van der Waals surface area contributed by atoms with E-state index in [1.807, 2.05) is 58.3 Å². The predicted octanol–water partition coefficient (Wildman–Crippen LogP) is 6.82. The van der Waals surface area contributed by atoms with Crippen molar-refractivity contribution < 1.29 is 22.7 Å². The van der Waals surface area contributed by atoms with E-state index in [-0.39, 0.29) is 23.0 Å². The van der Waals surface area contributed by atoms with Crippen molar-refractivity contribution in [1.29, 1.82) is 0 Å². The number of carbonyl (C=O) groups excluding carboxylic acids is 1. The first-order chi connectivity index (χ1) is 21.2. The molecule has 3 heterocycles. The first-order valence-electron chi connectivity index (χ1n) is 14.3. The molecule has 4 aromatic rings. The summed E-state index contributed by atoms with van der Waals surface area (Å²) in [6.07, 6.45) is -2.78. The lowest BCUT2D eigenvalue weighted by Gasteiger charge is -2.36. The Bertz CT molecular complexity index is 1670. The maximum absolute atomic E-state index is 13.8. The van der Waals surface area contributed by atoms with Gasteiger partial charge in [-0.25, -0.2) is 4.98 Å². The first-order valence-corrected chi connectivity index (χ1v) is 14.7. The van der Waals surface area contributed by atoms with Gasteiger partial charge in [0.05, 0.1) is 24.0 Å². The Morgan fingerprint density at radius 1 is 0.932 bits per heavy atom. The number of rotatable bonds is 6. The highest BCUT2D eigenvalue weighted by Crippen LogP contribution is 2.37. The van der Waals surface area contributed by atoms with E-state index in [1.165, 1.54) is 12.1 Å². The molecule has 1 aromatic heterocycles. The Morgan fingerprint density at radius 3 is 2.50 bits per heavy atom. The largest absolute Gasteiger partial charge is 0.495 e. The van der Waals surface area contributed by atoms with E-state index in [1.54, 1.807) is 19.4 Å². The Labute approximate surface area is 258 Å². The SMILES string of the molecule is COc1ccccc1N1CCN(C(=O)c2cccc(-c3cnc4c(c3)N(Cc3cc(Cl)ccc3C(F)(F)F)CCN4)c2)CC1. The van der Waals surface area contributed by atoms with Gasteiger partial charge in [0.2, 0.25) is 0 Å². The number of amides is 1. The van der Waals surface area contributed by atoms with Gasteiger partial charge in [0.25, 0.3) is 5.91 Å². The molecule has 1 fully saturated rings. The molecule has 3 aromatic carbocycles. The molecule has 6 rings (SSSR count). The molecule has 0 atom stereocenters. The minimum absolute atomic E-state index is 0.0224. The molecule has 228 valence electrons. The number of alkyl halides is 3. The molecule has 44 heavy (non-hydrogen) atoms. The third-order valence-electron chi connectivity index (χ3n) is 8.05. The van der Waals surface area contributed by atoms with E-state index in [0.29, 0.717) is 56.3 Å². The summed E-state index contributed by atoms with van der Waals surface area (Å²) >= 11 is 6.09. The van der Waals surface area contributed by atoms with Crippen LogP contribution in [0.25, 0.3) is 11.1 Å². The van der Waals surface area contributed by atoms with Gasteiger partial charge in [0.15, 0.2) is 0 Å². The minimum atomic E-state index is -4.50. The molecule has 0 spiro atoms. The lowest BCUT2D eigenvalue weighted by atomic mass is 10.0. The molecule has 1 N–H and O–H groups in total. The van der Waals surface area contributed by atoms with Crippen molar-refractivity contribution in [3.8, 4) is 16.9 Å². The highest BCUT2D eigenvalue weighted by atomic mass is 35.5. The maximum Gasteiger partial charge on any atom is 0.416 e. The van der Waals surface area contributed by atoms with Crippen LogP contribution < -0.4 is 19.9 Å². The number of hydrogen-bond donors (Lipinski definition) is 1.